The molecule has 0 atom stereocenters. The van der Waals surface area contributed by atoms with Crippen molar-refractivity contribution in [3.63, 3.8) is 0 Å². The van der Waals surface area contributed by atoms with E-state index in [1.54, 1.807) is 12.1 Å². The van der Waals surface area contributed by atoms with Crippen LogP contribution < -0.4 is 4.90 Å². The Bertz CT molecular complexity index is 415. The number of hydrogen-bond donors (Lipinski definition) is 0. The lowest BCUT2D eigenvalue weighted by Gasteiger charge is -2.27. The molecule has 0 aromatic carbocycles. The second kappa shape index (κ2) is 4.70. The molecule has 0 aliphatic heterocycles. The molecule has 0 bridgehead atoms. The summed E-state index contributed by atoms with van der Waals surface area (Å²) in [5.74, 6) is 0.716. The minimum atomic E-state index is -1.07. The summed E-state index contributed by atoms with van der Waals surface area (Å²) in [6, 6.07) is 5.49. The van der Waals surface area contributed by atoms with E-state index < -0.39 is 5.67 Å². The number of alkyl halides is 1. The van der Waals surface area contributed by atoms with E-state index in [0.29, 0.717) is 30.8 Å². The SMILES string of the molecule is CN(CC1(F)CCCC1)c1ccc(C#N)cn1. The molecule has 4 heteroatoms. The zero-order valence-corrected chi connectivity index (χ0v) is 9.99. The Hall–Kier alpha value is -1.63. The molecule has 90 valence electrons. The zero-order valence-electron chi connectivity index (χ0n) is 9.99. The summed E-state index contributed by atoms with van der Waals surface area (Å²) in [6.45, 7) is 0.381. The summed E-state index contributed by atoms with van der Waals surface area (Å²) in [4.78, 5) is 5.99. The number of hydrogen-bond acceptors (Lipinski definition) is 3. The molecule has 1 fully saturated rings. The number of rotatable bonds is 3. The molecule has 1 aromatic rings. The lowest BCUT2D eigenvalue weighted by molar-refractivity contribution is 0.181. The minimum absolute atomic E-state index is 0.381. The van der Waals surface area contributed by atoms with Gasteiger partial charge in [0.25, 0.3) is 0 Å². The molecule has 2 rings (SSSR count). The summed E-state index contributed by atoms with van der Waals surface area (Å²) in [5.41, 5.74) is -0.539. The van der Waals surface area contributed by atoms with Crippen molar-refractivity contribution in [2.45, 2.75) is 31.4 Å². The van der Waals surface area contributed by atoms with Crippen LogP contribution in [0.1, 0.15) is 31.2 Å². The van der Waals surface area contributed by atoms with Gasteiger partial charge in [0.2, 0.25) is 0 Å². The third-order valence-corrected chi connectivity index (χ3v) is 3.29. The van der Waals surface area contributed by atoms with Crippen molar-refractivity contribution in [2.24, 2.45) is 0 Å². The van der Waals surface area contributed by atoms with Crippen LogP contribution in [0.3, 0.4) is 0 Å². The summed E-state index contributed by atoms with van der Waals surface area (Å²) >= 11 is 0. The Morgan fingerprint density at radius 2 is 2.18 bits per heavy atom. The van der Waals surface area contributed by atoms with Crippen LogP contribution in [0.2, 0.25) is 0 Å². The Morgan fingerprint density at radius 3 is 2.71 bits per heavy atom. The summed E-state index contributed by atoms with van der Waals surface area (Å²) in [6.07, 6.45) is 4.77. The van der Waals surface area contributed by atoms with Gasteiger partial charge in [-0.15, -0.1) is 0 Å². The number of anilines is 1. The highest BCUT2D eigenvalue weighted by atomic mass is 19.1. The number of nitrogens with zero attached hydrogens (tertiary/aromatic N) is 3. The number of aromatic nitrogens is 1. The average Bonchev–Trinajstić information content (AvgIpc) is 2.76. The highest BCUT2D eigenvalue weighted by Crippen LogP contribution is 2.34. The maximum Gasteiger partial charge on any atom is 0.128 e. The Morgan fingerprint density at radius 1 is 1.47 bits per heavy atom. The normalized spacial score (nSPS) is 17.7. The number of halogens is 1. The molecule has 0 N–H and O–H groups in total. The van der Waals surface area contributed by atoms with Crippen molar-refractivity contribution < 1.29 is 4.39 Å². The Kier molecular flexibility index (Phi) is 3.28. The van der Waals surface area contributed by atoms with Crippen LogP contribution >= 0.6 is 0 Å². The second-order valence-corrected chi connectivity index (χ2v) is 4.73. The zero-order chi connectivity index (χ0) is 12.3. The highest BCUT2D eigenvalue weighted by Gasteiger charge is 2.34. The molecule has 17 heavy (non-hydrogen) atoms. The quantitative estimate of drug-likeness (QED) is 0.805. The predicted molar refractivity (Wildman–Crippen MR) is 64.5 cm³/mol. The highest BCUT2D eigenvalue weighted by molar-refractivity contribution is 5.41. The molecule has 0 saturated heterocycles. The largest absolute Gasteiger partial charge is 0.356 e. The molecule has 0 amide bonds. The molecule has 1 aliphatic carbocycles. The van der Waals surface area contributed by atoms with Crippen molar-refractivity contribution in [3.8, 4) is 6.07 Å². The van der Waals surface area contributed by atoms with Gasteiger partial charge in [0, 0.05) is 13.2 Å². The third kappa shape index (κ3) is 2.73. The maximum absolute atomic E-state index is 14.3. The fourth-order valence-electron chi connectivity index (χ4n) is 2.35. The van der Waals surface area contributed by atoms with Gasteiger partial charge >= 0.3 is 0 Å². The van der Waals surface area contributed by atoms with Crippen molar-refractivity contribution in [3.05, 3.63) is 23.9 Å². The van der Waals surface area contributed by atoms with Gasteiger partial charge in [-0.1, -0.05) is 12.8 Å². The van der Waals surface area contributed by atoms with E-state index in [2.05, 4.69) is 4.98 Å². The standard InChI is InChI=1S/C13H16FN3/c1-17(10-13(14)6-2-3-7-13)12-5-4-11(8-15)9-16-12/h4-5,9H,2-3,6-7,10H2,1H3. The Balaban J connectivity index is 2.04. The van der Waals surface area contributed by atoms with E-state index in [1.165, 1.54) is 6.20 Å². The van der Waals surface area contributed by atoms with Crippen LogP contribution in [0.4, 0.5) is 10.2 Å². The number of nitriles is 1. The first-order valence-electron chi connectivity index (χ1n) is 5.89. The molecular weight excluding hydrogens is 217 g/mol. The van der Waals surface area contributed by atoms with E-state index >= 15 is 0 Å². The van der Waals surface area contributed by atoms with Crippen molar-refractivity contribution >= 4 is 5.82 Å². The van der Waals surface area contributed by atoms with Gasteiger partial charge in [0.05, 0.1) is 12.1 Å². The average molecular weight is 233 g/mol. The van der Waals surface area contributed by atoms with Crippen LogP contribution in [0.25, 0.3) is 0 Å². The molecule has 3 nitrogen and oxygen atoms in total. The Labute approximate surface area is 101 Å². The molecule has 0 unspecified atom stereocenters. The van der Waals surface area contributed by atoms with E-state index in [-0.39, 0.29) is 0 Å². The first kappa shape index (κ1) is 11.8. The molecular formula is C13H16FN3. The molecule has 0 spiro atoms. The van der Waals surface area contributed by atoms with Crippen molar-refractivity contribution in [1.82, 2.24) is 4.98 Å². The first-order valence-corrected chi connectivity index (χ1v) is 5.89. The fourth-order valence-corrected chi connectivity index (χ4v) is 2.35. The molecule has 1 heterocycles. The second-order valence-electron chi connectivity index (χ2n) is 4.73. The van der Waals surface area contributed by atoms with Crippen LogP contribution in [0.5, 0.6) is 0 Å². The van der Waals surface area contributed by atoms with E-state index in [4.69, 9.17) is 5.26 Å². The summed E-state index contributed by atoms with van der Waals surface area (Å²) in [7, 11) is 1.84. The topological polar surface area (TPSA) is 39.9 Å². The number of pyridine rings is 1. The van der Waals surface area contributed by atoms with Crippen molar-refractivity contribution in [1.29, 1.82) is 5.26 Å². The van der Waals surface area contributed by atoms with E-state index in [9.17, 15) is 4.39 Å². The lowest BCUT2D eigenvalue weighted by Crippen LogP contribution is -2.36. The molecule has 1 aliphatic rings. The van der Waals surface area contributed by atoms with Gasteiger partial charge in [-0.2, -0.15) is 5.26 Å². The summed E-state index contributed by atoms with van der Waals surface area (Å²) in [5, 5.41) is 8.67. The van der Waals surface area contributed by atoms with Crippen LogP contribution in [0, 0.1) is 11.3 Å². The van der Waals surface area contributed by atoms with Crippen LogP contribution in [0.15, 0.2) is 18.3 Å². The van der Waals surface area contributed by atoms with Gasteiger partial charge < -0.3 is 4.90 Å². The van der Waals surface area contributed by atoms with Gasteiger partial charge in [-0.05, 0) is 25.0 Å². The summed E-state index contributed by atoms with van der Waals surface area (Å²) < 4.78 is 14.3. The lowest BCUT2D eigenvalue weighted by atomic mass is 10.0. The van der Waals surface area contributed by atoms with Gasteiger partial charge in [0.1, 0.15) is 17.6 Å². The van der Waals surface area contributed by atoms with Gasteiger partial charge in [-0.25, -0.2) is 9.37 Å². The maximum atomic E-state index is 14.3. The predicted octanol–water partition coefficient (Wildman–Crippen LogP) is 2.67. The van der Waals surface area contributed by atoms with Crippen LogP contribution in [-0.2, 0) is 0 Å². The van der Waals surface area contributed by atoms with Crippen molar-refractivity contribution in [2.75, 3.05) is 18.5 Å². The van der Waals surface area contributed by atoms with Crippen LogP contribution in [-0.4, -0.2) is 24.2 Å². The molecule has 1 saturated carbocycles. The minimum Gasteiger partial charge on any atom is -0.356 e. The first-order chi connectivity index (χ1) is 8.13. The molecule has 1 aromatic heterocycles. The smallest absolute Gasteiger partial charge is 0.128 e. The van der Waals surface area contributed by atoms with Gasteiger partial charge in [0.15, 0.2) is 0 Å². The molecule has 0 radical (unpaired) electrons. The fraction of sp³-hybridized carbons (Fsp3) is 0.538. The van der Waals surface area contributed by atoms with Gasteiger partial charge in [-0.3, -0.25) is 0 Å². The van der Waals surface area contributed by atoms with E-state index in [0.717, 1.165) is 12.8 Å². The third-order valence-electron chi connectivity index (χ3n) is 3.29. The van der Waals surface area contributed by atoms with E-state index in [1.807, 2.05) is 18.0 Å². The monoisotopic (exact) mass is 233 g/mol.